The van der Waals surface area contributed by atoms with Crippen LogP contribution < -0.4 is 0 Å². The zero-order valence-electron chi connectivity index (χ0n) is 12.2. The fraction of sp³-hybridized carbons (Fsp3) is 0.733. The maximum Gasteiger partial charge on any atom is 0.410 e. The van der Waals surface area contributed by atoms with E-state index in [-0.39, 0.29) is 6.09 Å². The van der Waals surface area contributed by atoms with Crippen LogP contribution in [0, 0.1) is 11.3 Å². The van der Waals surface area contributed by atoms with Crippen LogP contribution in [0.25, 0.3) is 0 Å². The zero-order valence-corrected chi connectivity index (χ0v) is 12.2. The lowest BCUT2D eigenvalue weighted by Gasteiger charge is -2.32. The quantitative estimate of drug-likeness (QED) is 0.728. The van der Waals surface area contributed by atoms with E-state index in [0.29, 0.717) is 13.1 Å². The molecule has 1 amide bonds. The average molecular weight is 264 g/mol. The largest absolute Gasteiger partial charge is 0.443 e. The number of piperidine rings is 1. The summed E-state index contributed by atoms with van der Waals surface area (Å²) in [6.45, 7) is 7.36. The fourth-order valence-corrected chi connectivity index (χ4v) is 2.17. The second-order valence-corrected chi connectivity index (χ2v) is 5.65. The number of nitriles is 1. The van der Waals surface area contributed by atoms with Crippen molar-refractivity contribution in [3.05, 3.63) is 11.6 Å². The van der Waals surface area contributed by atoms with E-state index in [9.17, 15) is 4.79 Å². The van der Waals surface area contributed by atoms with Gasteiger partial charge >= 0.3 is 6.09 Å². The van der Waals surface area contributed by atoms with Crippen molar-refractivity contribution in [3.8, 4) is 6.07 Å². The highest BCUT2D eigenvalue weighted by molar-refractivity contribution is 5.68. The van der Waals surface area contributed by atoms with E-state index in [4.69, 9.17) is 10.00 Å². The Morgan fingerprint density at radius 3 is 2.63 bits per heavy atom. The summed E-state index contributed by atoms with van der Waals surface area (Å²) < 4.78 is 5.58. The predicted octanol–water partition coefficient (Wildman–Crippen LogP) is 3.64. The van der Waals surface area contributed by atoms with Gasteiger partial charge in [0.2, 0.25) is 0 Å². The molecule has 0 radical (unpaired) electrons. The molecule has 0 spiro atoms. The third kappa shape index (κ3) is 5.34. The number of carbonyl (C=O) groups is 1. The van der Waals surface area contributed by atoms with E-state index >= 15 is 0 Å². The summed E-state index contributed by atoms with van der Waals surface area (Å²) in [6.07, 6.45) is 5.98. The van der Waals surface area contributed by atoms with Crippen LogP contribution in [-0.2, 0) is 4.74 Å². The van der Waals surface area contributed by atoms with Gasteiger partial charge in [-0.1, -0.05) is 18.9 Å². The normalized spacial score (nSPS) is 15.9. The first-order chi connectivity index (χ1) is 8.98. The Bertz CT molecular complexity index is 370. The van der Waals surface area contributed by atoms with Gasteiger partial charge in [0.1, 0.15) is 5.60 Å². The van der Waals surface area contributed by atoms with Gasteiger partial charge in [0, 0.05) is 19.2 Å². The molecular weight excluding hydrogens is 240 g/mol. The van der Waals surface area contributed by atoms with E-state index in [2.05, 4.69) is 6.92 Å². The molecule has 0 bridgehead atoms. The molecule has 0 atom stereocenters. The third-order valence-corrected chi connectivity index (χ3v) is 3.43. The molecule has 1 saturated heterocycles. The van der Waals surface area contributed by atoms with Crippen molar-refractivity contribution in [1.82, 2.24) is 4.90 Å². The Hall–Kier alpha value is -1.50. The molecule has 4 nitrogen and oxygen atoms in total. The van der Waals surface area contributed by atoms with E-state index in [1.54, 1.807) is 11.0 Å². The lowest BCUT2D eigenvalue weighted by atomic mass is 10.0. The minimum absolute atomic E-state index is 0.225. The summed E-state index contributed by atoms with van der Waals surface area (Å²) in [5.41, 5.74) is 0.729. The van der Waals surface area contributed by atoms with Crippen LogP contribution in [0.5, 0.6) is 0 Å². The van der Waals surface area contributed by atoms with Crippen molar-refractivity contribution in [3.63, 3.8) is 0 Å². The van der Waals surface area contributed by atoms with E-state index < -0.39 is 5.60 Å². The molecule has 0 N–H and O–H groups in total. The molecule has 1 aliphatic heterocycles. The molecule has 1 fully saturated rings. The molecule has 0 aromatic heterocycles. The fourth-order valence-electron chi connectivity index (χ4n) is 2.17. The molecule has 19 heavy (non-hydrogen) atoms. The monoisotopic (exact) mass is 264 g/mol. The van der Waals surface area contributed by atoms with Gasteiger partial charge in [-0.2, -0.15) is 5.26 Å². The summed E-state index contributed by atoms with van der Waals surface area (Å²) in [6, 6.07) is 2.05. The van der Waals surface area contributed by atoms with E-state index in [0.717, 1.165) is 37.7 Å². The number of nitrogens with zero attached hydrogens (tertiary/aromatic N) is 2. The standard InChI is InChI=1S/C15H24N2O2/c1-4-5-9-15(2,3)19-14(18)17-11-7-13(6-10-16)8-12-17/h6H,4-5,7-9,11-12H2,1-3H3. The smallest absolute Gasteiger partial charge is 0.410 e. The Kier molecular flexibility index (Phi) is 5.88. The second-order valence-electron chi connectivity index (χ2n) is 5.65. The van der Waals surface area contributed by atoms with Gasteiger partial charge in [-0.25, -0.2) is 4.79 Å². The predicted molar refractivity (Wildman–Crippen MR) is 74.6 cm³/mol. The molecule has 4 heteroatoms. The van der Waals surface area contributed by atoms with Crippen molar-refractivity contribution in [2.45, 2.75) is 58.5 Å². The van der Waals surface area contributed by atoms with Crippen LogP contribution in [0.2, 0.25) is 0 Å². The zero-order chi connectivity index (χ0) is 14.3. The molecule has 0 unspecified atom stereocenters. The number of carbonyl (C=O) groups excluding carboxylic acids is 1. The van der Waals surface area contributed by atoms with Crippen LogP contribution in [0.3, 0.4) is 0 Å². The molecule has 1 aliphatic rings. The first-order valence-corrected chi connectivity index (χ1v) is 7.04. The molecule has 0 aliphatic carbocycles. The molecule has 0 aromatic carbocycles. The maximum absolute atomic E-state index is 12.1. The van der Waals surface area contributed by atoms with Crippen molar-refractivity contribution in [2.75, 3.05) is 13.1 Å². The van der Waals surface area contributed by atoms with Gasteiger partial charge in [0.25, 0.3) is 0 Å². The van der Waals surface area contributed by atoms with Gasteiger partial charge < -0.3 is 9.64 Å². The van der Waals surface area contributed by atoms with Crippen molar-refractivity contribution < 1.29 is 9.53 Å². The van der Waals surface area contributed by atoms with E-state index in [1.807, 2.05) is 19.9 Å². The number of ether oxygens (including phenoxy) is 1. The summed E-state index contributed by atoms with van der Waals surface area (Å²) in [5, 5.41) is 8.60. The summed E-state index contributed by atoms with van der Waals surface area (Å²) in [5.74, 6) is 0. The summed E-state index contributed by atoms with van der Waals surface area (Å²) in [7, 11) is 0. The SMILES string of the molecule is CCCCC(C)(C)OC(=O)N1CCC(=CC#N)CC1. The Morgan fingerprint density at radius 2 is 2.11 bits per heavy atom. The van der Waals surface area contributed by atoms with Crippen molar-refractivity contribution in [1.29, 1.82) is 5.26 Å². The maximum atomic E-state index is 12.1. The average Bonchev–Trinajstić information content (AvgIpc) is 2.37. The number of amides is 1. The van der Waals surface area contributed by atoms with E-state index in [1.165, 1.54) is 0 Å². The minimum atomic E-state index is -0.393. The molecule has 1 rings (SSSR count). The number of likely N-dealkylation sites (tertiary alicyclic amines) is 1. The van der Waals surface area contributed by atoms with Gasteiger partial charge in [-0.05, 0) is 39.5 Å². The number of allylic oxidation sites excluding steroid dienone is 1. The minimum Gasteiger partial charge on any atom is -0.443 e. The lowest BCUT2D eigenvalue weighted by Crippen LogP contribution is -2.41. The third-order valence-electron chi connectivity index (χ3n) is 3.43. The number of hydrogen-bond acceptors (Lipinski definition) is 3. The molecule has 106 valence electrons. The topological polar surface area (TPSA) is 53.3 Å². The first kappa shape index (κ1) is 15.6. The van der Waals surface area contributed by atoms with Gasteiger partial charge in [-0.3, -0.25) is 0 Å². The highest BCUT2D eigenvalue weighted by Gasteiger charge is 2.27. The Morgan fingerprint density at radius 1 is 1.47 bits per heavy atom. The molecule has 0 saturated carbocycles. The molecular formula is C15H24N2O2. The molecule has 0 aromatic rings. The number of rotatable bonds is 4. The Balaban J connectivity index is 2.43. The lowest BCUT2D eigenvalue weighted by molar-refractivity contribution is 0.00616. The number of unbranched alkanes of at least 4 members (excludes halogenated alkanes) is 1. The van der Waals surface area contributed by atoms with Gasteiger partial charge in [0.15, 0.2) is 0 Å². The van der Waals surface area contributed by atoms with Gasteiger partial charge in [-0.15, -0.1) is 0 Å². The highest BCUT2D eigenvalue weighted by atomic mass is 16.6. The number of hydrogen-bond donors (Lipinski definition) is 0. The summed E-state index contributed by atoms with van der Waals surface area (Å²) >= 11 is 0. The molecule has 1 heterocycles. The first-order valence-electron chi connectivity index (χ1n) is 7.04. The van der Waals surface area contributed by atoms with Crippen LogP contribution in [0.4, 0.5) is 4.79 Å². The van der Waals surface area contributed by atoms with Crippen LogP contribution in [0.1, 0.15) is 52.9 Å². The van der Waals surface area contributed by atoms with Crippen molar-refractivity contribution in [2.24, 2.45) is 0 Å². The van der Waals surface area contributed by atoms with Crippen LogP contribution >= 0.6 is 0 Å². The second kappa shape index (κ2) is 7.18. The highest BCUT2D eigenvalue weighted by Crippen LogP contribution is 2.22. The summed E-state index contributed by atoms with van der Waals surface area (Å²) in [4.78, 5) is 13.8. The Labute approximate surface area is 116 Å². The van der Waals surface area contributed by atoms with Crippen LogP contribution in [0.15, 0.2) is 11.6 Å². The van der Waals surface area contributed by atoms with Gasteiger partial charge in [0.05, 0.1) is 6.07 Å². The van der Waals surface area contributed by atoms with Crippen LogP contribution in [-0.4, -0.2) is 29.7 Å². The van der Waals surface area contributed by atoms with Crippen molar-refractivity contribution >= 4 is 6.09 Å².